The zero-order chi connectivity index (χ0) is 25.0. The van der Waals surface area contributed by atoms with Crippen LogP contribution in [-0.2, 0) is 9.53 Å². The van der Waals surface area contributed by atoms with Crippen LogP contribution < -0.4 is 0 Å². The second-order valence-corrected chi connectivity index (χ2v) is 12.8. The Bertz CT molecular complexity index is 642. The molecule has 3 aliphatic rings. The molecule has 3 rings (SSSR count). The van der Waals surface area contributed by atoms with E-state index >= 15 is 0 Å². The maximum absolute atomic E-state index is 14.4. The van der Waals surface area contributed by atoms with Gasteiger partial charge in [-0.2, -0.15) is 0 Å². The van der Waals surface area contributed by atoms with Crippen LogP contribution in [0.15, 0.2) is 11.6 Å². The van der Waals surface area contributed by atoms with Crippen molar-refractivity contribution >= 4 is 5.97 Å². The maximum Gasteiger partial charge on any atom is 0.334 e. The van der Waals surface area contributed by atoms with Crippen molar-refractivity contribution in [3.63, 3.8) is 0 Å². The van der Waals surface area contributed by atoms with E-state index in [2.05, 4.69) is 26.8 Å². The Morgan fingerprint density at radius 2 is 1.11 bits per heavy atom. The van der Waals surface area contributed by atoms with Gasteiger partial charge in [0, 0.05) is 11.0 Å². The van der Waals surface area contributed by atoms with E-state index in [0.29, 0.717) is 0 Å². The Hall–Kier alpha value is -0.790. The van der Waals surface area contributed by atoms with Crippen molar-refractivity contribution in [3.8, 4) is 0 Å². The van der Waals surface area contributed by atoms with Gasteiger partial charge in [-0.25, -0.2) is 4.79 Å². The summed E-state index contributed by atoms with van der Waals surface area (Å²) in [6, 6.07) is 0. The van der Waals surface area contributed by atoms with E-state index < -0.39 is 0 Å². The predicted molar refractivity (Wildman–Crippen MR) is 150 cm³/mol. The molecule has 0 aliphatic heterocycles. The molecule has 0 heterocycles. The highest BCUT2D eigenvalue weighted by Gasteiger charge is 2.44. The van der Waals surface area contributed by atoms with Gasteiger partial charge in [0.25, 0.3) is 0 Å². The smallest absolute Gasteiger partial charge is 0.334 e. The lowest BCUT2D eigenvalue weighted by molar-refractivity contribution is -0.161. The van der Waals surface area contributed by atoms with Crippen LogP contribution in [0, 0.1) is 10.8 Å². The molecule has 0 aromatic rings. The average molecular weight is 487 g/mol. The Morgan fingerprint density at radius 1 is 0.629 bits per heavy atom. The molecule has 0 aromatic carbocycles. The highest BCUT2D eigenvalue weighted by Crippen LogP contribution is 2.51. The summed E-state index contributed by atoms with van der Waals surface area (Å²) in [6.45, 7) is 6.90. The minimum Gasteiger partial charge on any atom is -0.456 e. The molecule has 0 radical (unpaired) electrons. The first-order chi connectivity index (χ1) is 17.0. The second-order valence-electron chi connectivity index (χ2n) is 12.8. The van der Waals surface area contributed by atoms with E-state index in [1.807, 2.05) is 0 Å². The van der Waals surface area contributed by atoms with Crippen LogP contribution in [0.2, 0.25) is 0 Å². The Balaban J connectivity index is 2.00. The topological polar surface area (TPSA) is 26.3 Å². The fraction of sp³-hybridized carbons (Fsp3) is 0.909. The Morgan fingerprint density at radius 3 is 1.69 bits per heavy atom. The number of esters is 1. The highest BCUT2D eigenvalue weighted by atomic mass is 16.6. The SMILES string of the molecule is CCCCC1(C=C(C(=O)OC2(CCCC)CCCCC2)C2(CCCC)CCCCC2)CCCCC1. The minimum absolute atomic E-state index is 0.0582. The summed E-state index contributed by atoms with van der Waals surface area (Å²) in [5, 5.41) is 0. The lowest BCUT2D eigenvalue weighted by Gasteiger charge is -2.44. The highest BCUT2D eigenvalue weighted by molar-refractivity contribution is 5.90. The molecule has 3 saturated carbocycles. The molecule has 0 amide bonds. The number of hydrogen-bond acceptors (Lipinski definition) is 2. The molecular formula is C33H58O2. The third kappa shape index (κ3) is 7.85. The van der Waals surface area contributed by atoms with Crippen molar-refractivity contribution in [1.82, 2.24) is 0 Å². The van der Waals surface area contributed by atoms with Gasteiger partial charge < -0.3 is 4.74 Å². The minimum atomic E-state index is -0.200. The van der Waals surface area contributed by atoms with Crippen LogP contribution in [0.5, 0.6) is 0 Å². The number of allylic oxidation sites excluding steroid dienone is 1. The molecule has 2 nitrogen and oxygen atoms in total. The van der Waals surface area contributed by atoms with E-state index in [1.165, 1.54) is 135 Å². The predicted octanol–water partition coefficient (Wildman–Crippen LogP) is 10.6. The van der Waals surface area contributed by atoms with Gasteiger partial charge in [0.15, 0.2) is 0 Å². The molecule has 3 fully saturated rings. The number of hydrogen-bond donors (Lipinski definition) is 0. The van der Waals surface area contributed by atoms with Crippen molar-refractivity contribution in [3.05, 3.63) is 11.6 Å². The van der Waals surface area contributed by atoms with Crippen LogP contribution in [0.3, 0.4) is 0 Å². The molecule has 202 valence electrons. The first-order valence-corrected chi connectivity index (χ1v) is 16.0. The summed E-state index contributed by atoms with van der Waals surface area (Å²) >= 11 is 0. The molecule has 2 heteroatoms. The third-order valence-electron chi connectivity index (χ3n) is 10.00. The quantitative estimate of drug-likeness (QED) is 0.191. The fourth-order valence-corrected chi connectivity index (χ4v) is 7.73. The monoisotopic (exact) mass is 486 g/mol. The van der Waals surface area contributed by atoms with Gasteiger partial charge in [0.1, 0.15) is 5.60 Å². The number of unbranched alkanes of at least 4 members (excludes halogenated alkanes) is 3. The normalized spacial score (nSPS) is 24.1. The molecular weight excluding hydrogens is 428 g/mol. The molecule has 0 saturated heterocycles. The second kappa shape index (κ2) is 14.2. The summed E-state index contributed by atoms with van der Waals surface area (Å²) in [5.74, 6) is 0.0995. The van der Waals surface area contributed by atoms with Gasteiger partial charge in [-0.15, -0.1) is 0 Å². The Kier molecular flexibility index (Phi) is 11.7. The van der Waals surface area contributed by atoms with E-state index in [1.54, 1.807) is 0 Å². The van der Waals surface area contributed by atoms with Crippen molar-refractivity contribution in [2.75, 3.05) is 0 Å². The number of carbonyl (C=O) groups excluding carboxylic acids is 1. The summed E-state index contributed by atoms with van der Waals surface area (Å²) in [4.78, 5) is 14.4. The summed E-state index contributed by atoms with van der Waals surface area (Å²) in [5.41, 5.74) is 1.23. The summed E-state index contributed by atoms with van der Waals surface area (Å²) in [6.07, 6.45) is 32.1. The van der Waals surface area contributed by atoms with Crippen molar-refractivity contribution < 1.29 is 9.53 Å². The molecule has 0 bridgehead atoms. The zero-order valence-corrected chi connectivity index (χ0v) is 23.9. The van der Waals surface area contributed by atoms with Crippen molar-refractivity contribution in [2.45, 2.75) is 180 Å². The van der Waals surface area contributed by atoms with Gasteiger partial charge in [-0.1, -0.05) is 104 Å². The van der Waals surface area contributed by atoms with Gasteiger partial charge in [0.05, 0.1) is 0 Å². The van der Waals surface area contributed by atoms with Crippen LogP contribution in [0.4, 0.5) is 0 Å². The molecule has 3 aliphatic carbocycles. The van der Waals surface area contributed by atoms with Gasteiger partial charge in [0.2, 0.25) is 0 Å². The molecule has 0 spiro atoms. The Labute approximate surface area is 218 Å². The molecule has 0 N–H and O–H groups in total. The number of carbonyl (C=O) groups is 1. The summed E-state index contributed by atoms with van der Waals surface area (Å²) < 4.78 is 6.79. The first-order valence-electron chi connectivity index (χ1n) is 16.0. The average Bonchev–Trinajstić information content (AvgIpc) is 2.90. The van der Waals surface area contributed by atoms with Crippen LogP contribution in [-0.4, -0.2) is 11.6 Å². The first kappa shape index (κ1) is 28.8. The number of rotatable bonds is 13. The van der Waals surface area contributed by atoms with E-state index in [9.17, 15) is 4.79 Å². The zero-order valence-electron chi connectivity index (χ0n) is 23.9. The lowest BCUT2D eigenvalue weighted by atomic mass is 9.62. The van der Waals surface area contributed by atoms with Crippen LogP contribution >= 0.6 is 0 Å². The van der Waals surface area contributed by atoms with Crippen LogP contribution in [0.1, 0.15) is 175 Å². The van der Waals surface area contributed by atoms with Crippen molar-refractivity contribution in [2.24, 2.45) is 10.8 Å². The van der Waals surface area contributed by atoms with Gasteiger partial charge >= 0.3 is 5.97 Å². The molecule has 0 unspecified atom stereocenters. The fourth-order valence-electron chi connectivity index (χ4n) is 7.73. The van der Waals surface area contributed by atoms with E-state index in [-0.39, 0.29) is 22.4 Å². The van der Waals surface area contributed by atoms with Crippen LogP contribution in [0.25, 0.3) is 0 Å². The molecule has 0 atom stereocenters. The molecule has 35 heavy (non-hydrogen) atoms. The van der Waals surface area contributed by atoms with E-state index in [0.717, 1.165) is 24.8 Å². The third-order valence-corrected chi connectivity index (χ3v) is 10.00. The van der Waals surface area contributed by atoms with Gasteiger partial charge in [-0.05, 0) is 82.5 Å². The summed E-state index contributed by atoms with van der Waals surface area (Å²) in [7, 11) is 0. The lowest BCUT2D eigenvalue weighted by Crippen LogP contribution is -2.41. The van der Waals surface area contributed by atoms with E-state index in [4.69, 9.17) is 4.74 Å². The maximum atomic E-state index is 14.4. The molecule has 0 aromatic heterocycles. The standard InChI is InChI=1S/C33H58O2/c1-4-7-19-31(20-13-10-14-21-31)28-29(32(22-8-5-2)23-15-11-16-24-32)30(34)35-33(25-9-6-3)26-17-12-18-27-33/h28H,4-27H2,1-3H3. The number of ether oxygens (including phenoxy) is 1. The van der Waals surface area contributed by atoms with Gasteiger partial charge in [-0.3, -0.25) is 0 Å². The largest absolute Gasteiger partial charge is 0.456 e. The van der Waals surface area contributed by atoms with Crippen molar-refractivity contribution in [1.29, 1.82) is 0 Å².